The highest BCUT2D eigenvalue weighted by atomic mass is 16.3. The van der Waals surface area contributed by atoms with Crippen LogP contribution < -0.4 is 5.32 Å². The van der Waals surface area contributed by atoms with E-state index >= 15 is 0 Å². The van der Waals surface area contributed by atoms with Crippen molar-refractivity contribution in [1.82, 2.24) is 5.32 Å². The summed E-state index contributed by atoms with van der Waals surface area (Å²) >= 11 is 0. The Morgan fingerprint density at radius 1 is 1.11 bits per heavy atom. The molecule has 0 aliphatic heterocycles. The van der Waals surface area contributed by atoms with Crippen molar-refractivity contribution in [3.63, 3.8) is 0 Å². The fraction of sp³-hybridized carbons (Fsp3) is 0.938. The lowest BCUT2D eigenvalue weighted by Crippen LogP contribution is -2.55. The van der Waals surface area contributed by atoms with E-state index in [-0.39, 0.29) is 22.8 Å². The molecule has 0 aliphatic rings. The second-order valence-electron chi connectivity index (χ2n) is 7.73. The van der Waals surface area contributed by atoms with Gasteiger partial charge < -0.3 is 10.4 Å². The van der Waals surface area contributed by atoms with Crippen molar-refractivity contribution < 1.29 is 9.90 Å². The average molecular weight is 271 g/mol. The molecule has 2 atom stereocenters. The highest BCUT2D eigenvalue weighted by molar-refractivity contribution is 5.83. The van der Waals surface area contributed by atoms with E-state index in [0.29, 0.717) is 0 Å². The molecule has 19 heavy (non-hydrogen) atoms. The molecule has 0 heterocycles. The van der Waals surface area contributed by atoms with Crippen molar-refractivity contribution in [3.05, 3.63) is 0 Å². The number of nitrogens with one attached hydrogen (secondary N) is 1. The maximum absolute atomic E-state index is 12.6. The number of carbonyl (C=O) groups is 1. The smallest absolute Gasteiger partial charge is 0.226 e. The van der Waals surface area contributed by atoms with E-state index < -0.39 is 11.5 Å². The summed E-state index contributed by atoms with van der Waals surface area (Å²) in [6.45, 7) is 18.4. The first-order chi connectivity index (χ1) is 8.29. The lowest BCUT2D eigenvalue weighted by molar-refractivity contribution is -0.142. The summed E-state index contributed by atoms with van der Waals surface area (Å²) < 4.78 is 0. The normalized spacial score (nSPS) is 16.9. The Bertz CT molecular complexity index is 311. The third-order valence-corrected chi connectivity index (χ3v) is 5.34. The number of hydrogen-bond donors (Lipinski definition) is 2. The second kappa shape index (κ2) is 5.82. The number of aliphatic hydroxyl groups excluding tert-OH is 1. The number of carbonyl (C=O) groups excluding carboxylic acids is 1. The van der Waals surface area contributed by atoms with Gasteiger partial charge in [-0.2, -0.15) is 0 Å². The van der Waals surface area contributed by atoms with Crippen LogP contribution in [-0.2, 0) is 4.79 Å². The van der Waals surface area contributed by atoms with Crippen LogP contribution in [0.3, 0.4) is 0 Å². The van der Waals surface area contributed by atoms with E-state index in [1.807, 2.05) is 20.8 Å². The number of rotatable bonds is 5. The third-order valence-electron chi connectivity index (χ3n) is 5.34. The molecule has 1 amide bonds. The summed E-state index contributed by atoms with van der Waals surface area (Å²) in [5.74, 6) is 0.0141. The minimum absolute atomic E-state index is 0.0141. The quantitative estimate of drug-likeness (QED) is 0.805. The molecule has 114 valence electrons. The van der Waals surface area contributed by atoms with Crippen LogP contribution in [0.25, 0.3) is 0 Å². The van der Waals surface area contributed by atoms with Crippen molar-refractivity contribution in [2.75, 3.05) is 0 Å². The molecule has 0 fully saturated rings. The van der Waals surface area contributed by atoms with Crippen LogP contribution >= 0.6 is 0 Å². The second-order valence-corrected chi connectivity index (χ2v) is 7.73. The van der Waals surface area contributed by atoms with Crippen molar-refractivity contribution in [1.29, 1.82) is 0 Å². The third kappa shape index (κ3) is 3.71. The highest BCUT2D eigenvalue weighted by Crippen LogP contribution is 2.51. The molecule has 0 rings (SSSR count). The van der Waals surface area contributed by atoms with Crippen molar-refractivity contribution in [3.8, 4) is 0 Å². The zero-order valence-electron chi connectivity index (χ0n) is 14.2. The summed E-state index contributed by atoms with van der Waals surface area (Å²) in [6.07, 6.45) is 0.206. The van der Waals surface area contributed by atoms with Gasteiger partial charge in [0.05, 0.1) is 12.1 Å². The van der Waals surface area contributed by atoms with E-state index in [0.717, 1.165) is 6.42 Å². The minimum atomic E-state index is -0.525. The SMILES string of the molecule is CCC(NC(=O)C(C)(C)C(C)(C)C(C)(C)C)C(C)O. The van der Waals surface area contributed by atoms with Crippen LogP contribution in [0, 0.1) is 16.2 Å². The largest absolute Gasteiger partial charge is 0.391 e. The highest BCUT2D eigenvalue weighted by Gasteiger charge is 2.50. The maximum atomic E-state index is 12.6. The lowest BCUT2D eigenvalue weighted by Gasteiger charge is -2.50. The average Bonchev–Trinajstić information content (AvgIpc) is 2.22. The van der Waals surface area contributed by atoms with E-state index in [1.54, 1.807) is 6.92 Å². The number of aliphatic hydroxyl groups is 1. The van der Waals surface area contributed by atoms with Crippen LogP contribution in [0.15, 0.2) is 0 Å². The topological polar surface area (TPSA) is 49.3 Å². The molecule has 3 nitrogen and oxygen atoms in total. The van der Waals surface area contributed by atoms with Crippen LogP contribution in [0.2, 0.25) is 0 Å². The molecular formula is C16H33NO2. The first-order valence-corrected chi connectivity index (χ1v) is 7.28. The Morgan fingerprint density at radius 3 is 1.79 bits per heavy atom. The van der Waals surface area contributed by atoms with Gasteiger partial charge in [0.2, 0.25) is 5.91 Å². The molecular weight excluding hydrogens is 238 g/mol. The Kier molecular flexibility index (Phi) is 5.65. The van der Waals surface area contributed by atoms with Crippen LogP contribution in [-0.4, -0.2) is 23.2 Å². The van der Waals surface area contributed by atoms with Gasteiger partial charge in [-0.1, -0.05) is 55.4 Å². The molecule has 0 radical (unpaired) electrons. The molecule has 0 aromatic rings. The molecule has 0 saturated carbocycles. The van der Waals surface area contributed by atoms with E-state index in [9.17, 15) is 9.90 Å². The molecule has 2 N–H and O–H groups in total. The molecule has 0 bridgehead atoms. The fourth-order valence-electron chi connectivity index (χ4n) is 2.13. The van der Waals surface area contributed by atoms with Gasteiger partial charge in [-0.05, 0) is 24.2 Å². The summed E-state index contributed by atoms with van der Waals surface area (Å²) in [5.41, 5.74) is -0.658. The number of amides is 1. The summed E-state index contributed by atoms with van der Waals surface area (Å²) in [7, 11) is 0. The summed E-state index contributed by atoms with van der Waals surface area (Å²) in [5, 5.41) is 12.7. The Balaban J connectivity index is 5.17. The summed E-state index contributed by atoms with van der Waals surface area (Å²) in [6, 6.07) is -0.178. The van der Waals surface area contributed by atoms with E-state index in [1.165, 1.54) is 0 Å². The molecule has 0 aromatic heterocycles. The van der Waals surface area contributed by atoms with Crippen molar-refractivity contribution in [2.24, 2.45) is 16.2 Å². The van der Waals surface area contributed by atoms with Crippen LogP contribution in [0.1, 0.15) is 68.7 Å². The molecule has 0 aliphatic carbocycles. The maximum Gasteiger partial charge on any atom is 0.226 e. The van der Waals surface area contributed by atoms with E-state index in [4.69, 9.17) is 0 Å². The molecule has 3 heteroatoms. The van der Waals surface area contributed by atoms with Crippen LogP contribution in [0.5, 0.6) is 0 Å². The monoisotopic (exact) mass is 271 g/mol. The van der Waals surface area contributed by atoms with Gasteiger partial charge in [-0.15, -0.1) is 0 Å². The van der Waals surface area contributed by atoms with Crippen LogP contribution in [0.4, 0.5) is 0 Å². The Morgan fingerprint density at radius 2 is 1.53 bits per heavy atom. The zero-order chi connectivity index (χ0) is 15.6. The van der Waals surface area contributed by atoms with Crippen molar-refractivity contribution in [2.45, 2.75) is 80.9 Å². The predicted molar refractivity (Wildman–Crippen MR) is 80.9 cm³/mol. The molecule has 0 saturated heterocycles. The van der Waals surface area contributed by atoms with Crippen molar-refractivity contribution >= 4 is 5.91 Å². The van der Waals surface area contributed by atoms with Gasteiger partial charge in [0.15, 0.2) is 0 Å². The first-order valence-electron chi connectivity index (χ1n) is 7.28. The van der Waals surface area contributed by atoms with Gasteiger partial charge in [-0.25, -0.2) is 0 Å². The molecule has 0 aromatic carbocycles. The minimum Gasteiger partial charge on any atom is -0.391 e. The van der Waals surface area contributed by atoms with E-state index in [2.05, 4.69) is 39.9 Å². The Labute approximate surface area is 119 Å². The first kappa shape index (κ1) is 18.4. The number of hydrogen-bond acceptors (Lipinski definition) is 2. The molecule has 0 spiro atoms. The fourth-order valence-corrected chi connectivity index (χ4v) is 2.13. The standard InChI is InChI=1S/C16H33NO2/c1-10-12(11(2)18)17-13(19)15(6,7)16(8,9)14(3,4)5/h11-12,18H,10H2,1-9H3,(H,17,19). The van der Waals surface area contributed by atoms with Gasteiger partial charge in [0.25, 0.3) is 0 Å². The molecule has 2 unspecified atom stereocenters. The lowest BCUT2D eigenvalue weighted by atomic mass is 9.55. The predicted octanol–water partition coefficient (Wildman–Crippen LogP) is 3.36. The summed E-state index contributed by atoms with van der Waals surface area (Å²) in [4.78, 5) is 12.6. The van der Waals surface area contributed by atoms with Gasteiger partial charge in [0, 0.05) is 5.41 Å². The van der Waals surface area contributed by atoms with Gasteiger partial charge in [-0.3, -0.25) is 4.79 Å². The van der Waals surface area contributed by atoms with Gasteiger partial charge in [0.1, 0.15) is 0 Å². The Hall–Kier alpha value is -0.570. The van der Waals surface area contributed by atoms with Gasteiger partial charge >= 0.3 is 0 Å². The zero-order valence-corrected chi connectivity index (χ0v) is 14.2.